The van der Waals surface area contributed by atoms with Gasteiger partial charge in [0.05, 0.1) is 29.1 Å². The molecule has 10 nitrogen and oxygen atoms in total. The zero-order chi connectivity index (χ0) is 29.9. The van der Waals surface area contributed by atoms with Gasteiger partial charge >= 0.3 is 6.01 Å². The molecule has 0 spiro atoms. The van der Waals surface area contributed by atoms with Crippen LogP contribution in [-0.4, -0.2) is 96.2 Å². The highest BCUT2D eigenvalue weighted by Gasteiger charge is 2.35. The van der Waals surface area contributed by atoms with Gasteiger partial charge in [-0.25, -0.2) is 6.57 Å². The fourth-order valence-corrected chi connectivity index (χ4v) is 6.45. The van der Waals surface area contributed by atoms with Crippen LogP contribution >= 0.6 is 11.6 Å². The smallest absolute Gasteiger partial charge is 0.318 e. The number of hydrogen-bond acceptors (Lipinski definition) is 8. The zero-order valence-electron chi connectivity index (χ0n) is 24.6. The van der Waals surface area contributed by atoms with Crippen LogP contribution in [0.25, 0.3) is 15.6 Å². The molecule has 4 heterocycles. The lowest BCUT2D eigenvalue weighted by Gasteiger charge is -2.41. The van der Waals surface area contributed by atoms with Crippen LogP contribution in [0.1, 0.15) is 24.1 Å². The van der Waals surface area contributed by atoms with Crippen molar-refractivity contribution in [2.45, 2.75) is 31.8 Å². The number of benzene rings is 1. The molecule has 0 unspecified atom stereocenters. The molecule has 1 aliphatic carbocycles. The van der Waals surface area contributed by atoms with E-state index in [4.69, 9.17) is 32.9 Å². The third kappa shape index (κ3) is 6.38. The first-order valence-corrected chi connectivity index (χ1v) is 15.3. The second-order valence-corrected chi connectivity index (χ2v) is 12.1. The van der Waals surface area contributed by atoms with Crippen molar-refractivity contribution in [3.63, 3.8) is 0 Å². The first-order valence-electron chi connectivity index (χ1n) is 14.9. The summed E-state index contributed by atoms with van der Waals surface area (Å²) < 4.78 is 6.19. The molecule has 0 N–H and O–H groups in total. The molecule has 0 bridgehead atoms. The van der Waals surface area contributed by atoms with Crippen LogP contribution in [-0.2, 0) is 17.8 Å². The van der Waals surface area contributed by atoms with Gasteiger partial charge in [-0.2, -0.15) is 9.97 Å². The number of carbonyl (C=O) groups excluding carboxylic acids is 1. The van der Waals surface area contributed by atoms with Crippen LogP contribution in [0.3, 0.4) is 0 Å². The van der Waals surface area contributed by atoms with Crippen LogP contribution in [0, 0.1) is 12.5 Å². The van der Waals surface area contributed by atoms with Crippen LogP contribution < -0.4 is 14.5 Å². The summed E-state index contributed by atoms with van der Waals surface area (Å²) in [5, 5.41) is 2.68. The van der Waals surface area contributed by atoms with Gasteiger partial charge in [-0.05, 0) is 44.4 Å². The predicted octanol–water partition coefficient (Wildman–Crippen LogP) is 4.08. The number of fused-ring (bicyclic) bond motifs is 2. The Morgan fingerprint density at radius 2 is 2.09 bits per heavy atom. The van der Waals surface area contributed by atoms with Gasteiger partial charge < -0.3 is 29.2 Å². The molecular formula is C32H37ClN8O2. The number of rotatable bonds is 10. The SMILES string of the molecule is [C-]#[N+]C[C@H]1CN(c2nc(OCCN(C)CC3CC3)nc3c2CCN(c2cncc4cccc(Cl)c24)C3)CCN1C(=O)C=C. The maximum absolute atomic E-state index is 12.5. The fourth-order valence-electron chi connectivity index (χ4n) is 6.17. The number of amides is 1. The molecule has 3 aliphatic rings. The number of anilines is 2. The lowest BCUT2D eigenvalue weighted by Crippen LogP contribution is -2.56. The Kier molecular flexibility index (Phi) is 8.63. The van der Waals surface area contributed by atoms with E-state index in [0.29, 0.717) is 43.8 Å². The Hall–Kier alpha value is -3.94. The monoisotopic (exact) mass is 600 g/mol. The predicted molar refractivity (Wildman–Crippen MR) is 169 cm³/mol. The summed E-state index contributed by atoms with van der Waals surface area (Å²) in [6, 6.07) is 5.99. The van der Waals surface area contributed by atoms with Crippen molar-refractivity contribution < 1.29 is 9.53 Å². The van der Waals surface area contributed by atoms with E-state index in [2.05, 4.69) is 38.2 Å². The molecule has 6 rings (SSSR count). The molecule has 2 aromatic heterocycles. The number of likely N-dealkylation sites (N-methyl/N-ethyl adjacent to an activating group) is 1. The number of piperazine rings is 1. The van der Waals surface area contributed by atoms with E-state index in [1.54, 1.807) is 4.90 Å². The summed E-state index contributed by atoms with van der Waals surface area (Å²) in [6.45, 7) is 16.7. The van der Waals surface area contributed by atoms with Gasteiger partial charge in [-0.3, -0.25) is 9.78 Å². The third-order valence-corrected chi connectivity index (χ3v) is 8.90. The van der Waals surface area contributed by atoms with Crippen LogP contribution in [0.2, 0.25) is 5.02 Å². The minimum Gasteiger partial charge on any atom is -0.462 e. The molecule has 43 heavy (non-hydrogen) atoms. The second-order valence-electron chi connectivity index (χ2n) is 11.7. The van der Waals surface area contributed by atoms with Crippen molar-refractivity contribution in [2.24, 2.45) is 5.92 Å². The average molecular weight is 601 g/mol. The zero-order valence-corrected chi connectivity index (χ0v) is 25.3. The number of carbonyl (C=O) groups is 1. The van der Waals surface area contributed by atoms with E-state index in [-0.39, 0.29) is 18.5 Å². The van der Waals surface area contributed by atoms with Crippen molar-refractivity contribution in [2.75, 3.05) is 69.3 Å². The van der Waals surface area contributed by atoms with E-state index in [1.807, 2.05) is 30.6 Å². The van der Waals surface area contributed by atoms with Crippen LogP contribution in [0.4, 0.5) is 11.5 Å². The molecule has 2 aliphatic heterocycles. The van der Waals surface area contributed by atoms with Gasteiger partial charge in [0, 0.05) is 61.8 Å². The van der Waals surface area contributed by atoms with Crippen LogP contribution in [0.5, 0.6) is 6.01 Å². The topological polar surface area (TPSA) is 82.3 Å². The van der Waals surface area contributed by atoms with Gasteiger partial charge in [-0.15, -0.1) is 0 Å². The van der Waals surface area contributed by atoms with Crippen molar-refractivity contribution in [3.05, 3.63) is 70.9 Å². The van der Waals surface area contributed by atoms with Gasteiger partial charge in [0.25, 0.3) is 0 Å². The average Bonchev–Trinajstić information content (AvgIpc) is 3.84. The van der Waals surface area contributed by atoms with Gasteiger partial charge in [0.2, 0.25) is 12.5 Å². The van der Waals surface area contributed by atoms with Crippen molar-refractivity contribution in [3.8, 4) is 6.01 Å². The first-order chi connectivity index (χ1) is 20.9. The molecule has 1 atom stereocenters. The summed E-state index contributed by atoms with van der Waals surface area (Å²) in [7, 11) is 2.13. The quantitative estimate of drug-likeness (QED) is 0.254. The summed E-state index contributed by atoms with van der Waals surface area (Å²) in [4.78, 5) is 39.1. The first kappa shape index (κ1) is 29.1. The van der Waals surface area contributed by atoms with Gasteiger partial charge in [-0.1, -0.05) is 30.3 Å². The molecule has 3 aromatic rings. The van der Waals surface area contributed by atoms with E-state index < -0.39 is 0 Å². The highest BCUT2D eigenvalue weighted by Crippen LogP contribution is 2.37. The van der Waals surface area contributed by atoms with Gasteiger partial charge in [0.15, 0.2) is 0 Å². The van der Waals surface area contributed by atoms with Crippen molar-refractivity contribution in [1.82, 2.24) is 24.8 Å². The Bertz CT molecular complexity index is 1550. The minimum absolute atomic E-state index is 0.143. The molecule has 1 saturated heterocycles. The molecule has 224 valence electrons. The molecule has 2 fully saturated rings. The van der Waals surface area contributed by atoms with Crippen molar-refractivity contribution in [1.29, 1.82) is 0 Å². The normalized spacial score (nSPS) is 18.5. The number of ether oxygens (including phenoxy) is 1. The van der Waals surface area contributed by atoms with E-state index >= 15 is 0 Å². The number of aromatic nitrogens is 3. The maximum Gasteiger partial charge on any atom is 0.318 e. The molecule has 1 aromatic carbocycles. The van der Waals surface area contributed by atoms with Gasteiger partial charge in [0.1, 0.15) is 18.5 Å². The molecular weight excluding hydrogens is 564 g/mol. The fraction of sp³-hybridized carbons (Fsp3) is 0.469. The minimum atomic E-state index is -0.244. The number of hydrogen-bond donors (Lipinski definition) is 0. The second kappa shape index (κ2) is 12.7. The largest absolute Gasteiger partial charge is 0.462 e. The third-order valence-electron chi connectivity index (χ3n) is 8.59. The Morgan fingerprint density at radius 3 is 2.88 bits per heavy atom. The summed E-state index contributed by atoms with van der Waals surface area (Å²) >= 11 is 6.67. The summed E-state index contributed by atoms with van der Waals surface area (Å²) in [5.41, 5.74) is 2.97. The molecule has 0 radical (unpaired) electrons. The summed E-state index contributed by atoms with van der Waals surface area (Å²) in [5.74, 6) is 1.51. The standard InChI is InChI=1S/C32H37ClN8O2/c1-4-29(42)41-13-12-40(20-24(41)17-34-2)31-25-10-11-39(28-18-35-16-23-6-5-7-26(33)30(23)28)21-27(25)36-32(37-31)43-15-14-38(3)19-22-8-9-22/h4-7,16,18,22,24H,1,8-15,17,19-21H2,3H3/t24-/m0/s1. The van der Waals surface area contributed by atoms with Crippen molar-refractivity contribution >= 4 is 39.8 Å². The lowest BCUT2D eigenvalue weighted by molar-refractivity contribution is -0.128. The van der Waals surface area contributed by atoms with Crippen LogP contribution in [0.15, 0.2) is 43.2 Å². The van der Waals surface area contributed by atoms with E-state index in [1.165, 1.54) is 18.9 Å². The maximum atomic E-state index is 12.5. The summed E-state index contributed by atoms with van der Waals surface area (Å²) in [6.07, 6.45) is 8.40. The Balaban J connectivity index is 1.30. The lowest BCUT2D eigenvalue weighted by atomic mass is 10.0. The highest BCUT2D eigenvalue weighted by molar-refractivity contribution is 6.36. The van der Waals surface area contributed by atoms with E-state index in [9.17, 15) is 4.79 Å². The molecule has 11 heteroatoms. The Morgan fingerprint density at radius 1 is 1.23 bits per heavy atom. The Labute approximate surface area is 257 Å². The number of halogens is 1. The number of pyridine rings is 1. The highest BCUT2D eigenvalue weighted by atomic mass is 35.5. The molecule has 1 amide bonds. The molecule has 1 saturated carbocycles. The van der Waals surface area contributed by atoms with E-state index in [0.717, 1.165) is 65.5 Å². The number of nitrogens with zero attached hydrogens (tertiary/aromatic N) is 8.